The van der Waals surface area contributed by atoms with Gasteiger partial charge in [-0.25, -0.2) is 4.39 Å². The van der Waals surface area contributed by atoms with Crippen molar-refractivity contribution in [2.75, 3.05) is 5.32 Å². The zero-order chi connectivity index (χ0) is 20.4. The van der Waals surface area contributed by atoms with E-state index in [2.05, 4.69) is 32.1 Å². The molecule has 1 aromatic carbocycles. The summed E-state index contributed by atoms with van der Waals surface area (Å²) >= 11 is 1.56. The van der Waals surface area contributed by atoms with Gasteiger partial charge >= 0.3 is 0 Å². The molecule has 3 aromatic heterocycles. The first-order valence-electron chi connectivity index (χ1n) is 8.68. The van der Waals surface area contributed by atoms with E-state index in [1.165, 1.54) is 12.4 Å². The molecule has 7 nitrogen and oxygen atoms in total. The molecule has 0 aliphatic heterocycles. The van der Waals surface area contributed by atoms with E-state index in [-0.39, 0.29) is 0 Å². The molecule has 4 rings (SSSR count). The number of hydrogen-bond donors (Lipinski definition) is 1. The number of pyridine rings is 1. The second kappa shape index (κ2) is 7.88. The van der Waals surface area contributed by atoms with Crippen molar-refractivity contribution in [2.24, 2.45) is 7.05 Å². The number of hydrogen-bond acceptors (Lipinski definition) is 7. The molecule has 0 atom stereocenters. The minimum Gasteiger partial charge on any atom is -0.355 e. The van der Waals surface area contributed by atoms with E-state index < -0.39 is 5.82 Å². The number of anilines is 1. The standard InChI is InChI=1S/C20H17FN6OS/c1-12(16-8-9-22-11-17(16)21)23-14-4-6-15(7-5-14)29-19-10-18(25-27(19)3)20-24-13(2)28-26-20/h4-11,23H,1H2,2-3H3. The van der Waals surface area contributed by atoms with Gasteiger partial charge in [-0.3, -0.25) is 9.67 Å². The Kier molecular flexibility index (Phi) is 5.13. The van der Waals surface area contributed by atoms with Gasteiger partial charge in [-0.2, -0.15) is 10.1 Å². The first kappa shape index (κ1) is 18.9. The van der Waals surface area contributed by atoms with Gasteiger partial charge < -0.3 is 9.84 Å². The third-order valence-electron chi connectivity index (χ3n) is 4.06. The molecule has 9 heteroatoms. The van der Waals surface area contributed by atoms with Crippen LogP contribution in [0.1, 0.15) is 11.5 Å². The van der Waals surface area contributed by atoms with Gasteiger partial charge in [-0.05, 0) is 30.3 Å². The van der Waals surface area contributed by atoms with E-state index in [0.29, 0.717) is 28.7 Å². The second-order valence-electron chi connectivity index (χ2n) is 6.21. The van der Waals surface area contributed by atoms with Crippen molar-refractivity contribution >= 4 is 23.1 Å². The third-order valence-corrected chi connectivity index (χ3v) is 5.16. The fourth-order valence-corrected chi connectivity index (χ4v) is 3.50. The molecule has 29 heavy (non-hydrogen) atoms. The van der Waals surface area contributed by atoms with Crippen molar-refractivity contribution in [3.05, 3.63) is 72.6 Å². The van der Waals surface area contributed by atoms with Crippen LogP contribution in [0.2, 0.25) is 0 Å². The molecule has 3 heterocycles. The predicted octanol–water partition coefficient (Wildman–Crippen LogP) is 4.55. The van der Waals surface area contributed by atoms with E-state index in [1.807, 2.05) is 37.4 Å². The number of nitrogens with one attached hydrogen (secondary N) is 1. The molecule has 0 saturated carbocycles. The number of benzene rings is 1. The highest BCUT2D eigenvalue weighted by atomic mass is 32.2. The second-order valence-corrected chi connectivity index (χ2v) is 7.31. The van der Waals surface area contributed by atoms with Crippen molar-refractivity contribution in [2.45, 2.75) is 16.8 Å². The van der Waals surface area contributed by atoms with Gasteiger partial charge in [0.15, 0.2) is 5.82 Å². The largest absolute Gasteiger partial charge is 0.355 e. The summed E-state index contributed by atoms with van der Waals surface area (Å²) in [7, 11) is 1.86. The molecule has 0 aliphatic rings. The average Bonchev–Trinajstić information content (AvgIpc) is 3.29. The number of aryl methyl sites for hydroxylation is 2. The molecule has 0 aliphatic carbocycles. The molecule has 0 bridgehead atoms. The summed E-state index contributed by atoms with van der Waals surface area (Å²) < 4.78 is 20.6. The van der Waals surface area contributed by atoms with E-state index in [1.54, 1.807) is 29.4 Å². The molecule has 146 valence electrons. The highest BCUT2D eigenvalue weighted by Gasteiger charge is 2.13. The maximum atomic E-state index is 13.8. The maximum absolute atomic E-state index is 13.8. The molecule has 0 radical (unpaired) electrons. The minimum absolute atomic E-state index is 0.387. The quantitative estimate of drug-likeness (QED) is 0.501. The van der Waals surface area contributed by atoms with Crippen LogP contribution < -0.4 is 5.32 Å². The molecule has 0 saturated heterocycles. The van der Waals surface area contributed by atoms with Crippen LogP contribution >= 0.6 is 11.8 Å². The number of halogens is 1. The predicted molar refractivity (Wildman–Crippen MR) is 109 cm³/mol. The Balaban J connectivity index is 1.45. The van der Waals surface area contributed by atoms with E-state index >= 15 is 0 Å². The molecule has 4 aromatic rings. The van der Waals surface area contributed by atoms with Gasteiger partial charge in [0, 0.05) is 48.1 Å². The Hall–Kier alpha value is -3.46. The van der Waals surface area contributed by atoms with Crippen LogP contribution in [0, 0.1) is 12.7 Å². The van der Waals surface area contributed by atoms with Crippen LogP contribution in [0.3, 0.4) is 0 Å². The smallest absolute Gasteiger partial charge is 0.223 e. The summed E-state index contributed by atoms with van der Waals surface area (Å²) in [5.74, 6) is 0.545. The summed E-state index contributed by atoms with van der Waals surface area (Å²) in [6, 6.07) is 11.2. The van der Waals surface area contributed by atoms with E-state index in [4.69, 9.17) is 4.52 Å². The van der Waals surface area contributed by atoms with Crippen LogP contribution in [0.4, 0.5) is 10.1 Å². The van der Waals surface area contributed by atoms with Crippen molar-refractivity contribution in [1.82, 2.24) is 24.9 Å². The van der Waals surface area contributed by atoms with Crippen LogP contribution in [0.5, 0.6) is 0 Å². The normalized spacial score (nSPS) is 10.9. The van der Waals surface area contributed by atoms with Gasteiger partial charge in [0.1, 0.15) is 5.69 Å². The Labute approximate surface area is 170 Å². The van der Waals surface area contributed by atoms with E-state index in [9.17, 15) is 4.39 Å². The maximum Gasteiger partial charge on any atom is 0.223 e. The van der Waals surface area contributed by atoms with Gasteiger partial charge in [0.25, 0.3) is 0 Å². The zero-order valence-corrected chi connectivity index (χ0v) is 16.6. The summed E-state index contributed by atoms with van der Waals surface area (Å²) in [6.45, 7) is 5.64. The lowest BCUT2D eigenvalue weighted by molar-refractivity contribution is 0.394. The van der Waals surface area contributed by atoms with Crippen molar-refractivity contribution < 1.29 is 8.91 Å². The van der Waals surface area contributed by atoms with Gasteiger partial charge in [-0.1, -0.05) is 23.5 Å². The first-order valence-corrected chi connectivity index (χ1v) is 9.50. The van der Waals surface area contributed by atoms with Crippen LogP contribution in [0.25, 0.3) is 17.2 Å². The van der Waals surface area contributed by atoms with Crippen molar-refractivity contribution in [3.63, 3.8) is 0 Å². The lowest BCUT2D eigenvalue weighted by Crippen LogP contribution is -2.00. The zero-order valence-electron chi connectivity index (χ0n) is 15.8. The molecule has 0 amide bonds. The molecule has 0 fully saturated rings. The summed E-state index contributed by atoms with van der Waals surface area (Å²) in [5.41, 5.74) is 2.32. The highest BCUT2D eigenvalue weighted by molar-refractivity contribution is 7.99. The Bertz CT molecular complexity index is 1170. The summed E-state index contributed by atoms with van der Waals surface area (Å²) in [4.78, 5) is 8.97. The molecular formula is C20H17FN6OS. The third kappa shape index (κ3) is 4.19. The van der Waals surface area contributed by atoms with Crippen molar-refractivity contribution in [1.29, 1.82) is 0 Å². The Morgan fingerprint density at radius 3 is 2.72 bits per heavy atom. The monoisotopic (exact) mass is 408 g/mol. The first-order chi connectivity index (χ1) is 14.0. The average molecular weight is 408 g/mol. The van der Waals surface area contributed by atoms with E-state index in [0.717, 1.165) is 15.6 Å². The minimum atomic E-state index is -0.416. The van der Waals surface area contributed by atoms with Crippen LogP contribution in [-0.2, 0) is 7.05 Å². The van der Waals surface area contributed by atoms with Gasteiger partial charge in [0.2, 0.25) is 11.7 Å². The number of rotatable bonds is 6. The topological polar surface area (TPSA) is 81.7 Å². The number of aromatic nitrogens is 5. The fourth-order valence-electron chi connectivity index (χ4n) is 2.65. The Morgan fingerprint density at radius 1 is 1.24 bits per heavy atom. The SMILES string of the molecule is C=C(Nc1ccc(Sc2cc(-c3noc(C)n3)nn2C)cc1)c1ccncc1F. The lowest BCUT2D eigenvalue weighted by Gasteiger charge is -2.11. The summed E-state index contributed by atoms with van der Waals surface area (Å²) in [5, 5.41) is 12.4. The summed E-state index contributed by atoms with van der Waals surface area (Å²) in [6.07, 6.45) is 2.70. The molecule has 0 spiro atoms. The fraction of sp³-hybridized carbons (Fsp3) is 0.100. The van der Waals surface area contributed by atoms with Gasteiger partial charge in [0.05, 0.1) is 11.2 Å². The van der Waals surface area contributed by atoms with Crippen molar-refractivity contribution in [3.8, 4) is 11.5 Å². The molecule has 1 N–H and O–H groups in total. The molecular weight excluding hydrogens is 391 g/mol. The van der Waals surface area contributed by atoms with Crippen LogP contribution in [0.15, 0.2) is 69.8 Å². The highest BCUT2D eigenvalue weighted by Crippen LogP contribution is 2.31. The lowest BCUT2D eigenvalue weighted by atomic mass is 10.2. The van der Waals surface area contributed by atoms with Gasteiger partial charge in [-0.15, -0.1) is 0 Å². The number of nitrogens with zero attached hydrogens (tertiary/aromatic N) is 5. The Morgan fingerprint density at radius 2 is 2.03 bits per heavy atom. The van der Waals surface area contributed by atoms with Crippen LogP contribution in [-0.4, -0.2) is 24.9 Å². The molecule has 0 unspecified atom stereocenters.